The van der Waals surface area contributed by atoms with Crippen molar-refractivity contribution in [2.45, 2.75) is 6.42 Å². The van der Waals surface area contributed by atoms with Gasteiger partial charge in [0.2, 0.25) is 5.91 Å². The molecule has 3 aromatic rings. The molecule has 0 aliphatic heterocycles. The minimum absolute atomic E-state index is 0.0496. The first-order valence-corrected chi connectivity index (χ1v) is 9.99. The Morgan fingerprint density at radius 2 is 1.50 bits per heavy atom. The highest BCUT2D eigenvalue weighted by molar-refractivity contribution is 6.10. The lowest BCUT2D eigenvalue weighted by atomic mass is 10.1. The molecule has 0 aliphatic rings. The summed E-state index contributed by atoms with van der Waals surface area (Å²) < 4.78 is 5.16. The highest BCUT2D eigenvalue weighted by Crippen LogP contribution is 2.20. The number of amides is 4. The molecule has 8 nitrogen and oxygen atoms in total. The summed E-state index contributed by atoms with van der Waals surface area (Å²) in [6, 6.07) is 22.3. The van der Waals surface area contributed by atoms with Crippen molar-refractivity contribution in [2.24, 2.45) is 0 Å². The SMILES string of the molecule is COc1cccc(NC(=O)c2ccccc2NC(=O)CCNC(=O)Nc2ccccc2)c1. The van der Waals surface area contributed by atoms with E-state index in [0.29, 0.717) is 28.4 Å². The lowest BCUT2D eigenvalue weighted by molar-refractivity contribution is -0.116. The van der Waals surface area contributed by atoms with E-state index in [-0.39, 0.29) is 24.8 Å². The molecule has 0 spiro atoms. The van der Waals surface area contributed by atoms with Crippen LogP contribution in [0.25, 0.3) is 0 Å². The second-order valence-corrected chi connectivity index (χ2v) is 6.78. The van der Waals surface area contributed by atoms with E-state index in [1.54, 1.807) is 67.8 Å². The average Bonchev–Trinajstić information content (AvgIpc) is 2.80. The van der Waals surface area contributed by atoms with E-state index in [1.807, 2.05) is 18.2 Å². The first kappa shape index (κ1) is 22.4. The first-order chi connectivity index (χ1) is 15.5. The molecular formula is C24H24N4O4. The number of hydrogen-bond acceptors (Lipinski definition) is 4. The topological polar surface area (TPSA) is 109 Å². The Morgan fingerprint density at radius 3 is 2.28 bits per heavy atom. The summed E-state index contributed by atoms with van der Waals surface area (Å²) in [5, 5.41) is 10.8. The van der Waals surface area contributed by atoms with Gasteiger partial charge in [0.25, 0.3) is 5.91 Å². The predicted molar refractivity (Wildman–Crippen MR) is 124 cm³/mol. The summed E-state index contributed by atoms with van der Waals surface area (Å²) >= 11 is 0. The Morgan fingerprint density at radius 1 is 0.781 bits per heavy atom. The minimum Gasteiger partial charge on any atom is -0.497 e. The molecule has 0 radical (unpaired) electrons. The van der Waals surface area contributed by atoms with E-state index in [2.05, 4.69) is 21.3 Å². The number of benzene rings is 3. The van der Waals surface area contributed by atoms with Gasteiger partial charge in [0, 0.05) is 30.4 Å². The third kappa shape index (κ3) is 6.60. The van der Waals surface area contributed by atoms with Gasteiger partial charge >= 0.3 is 6.03 Å². The normalized spacial score (nSPS) is 10.0. The number of methoxy groups -OCH3 is 1. The van der Waals surface area contributed by atoms with Gasteiger partial charge in [-0.05, 0) is 36.4 Å². The van der Waals surface area contributed by atoms with Crippen LogP contribution in [0, 0.1) is 0 Å². The van der Waals surface area contributed by atoms with E-state index in [4.69, 9.17) is 4.74 Å². The van der Waals surface area contributed by atoms with E-state index in [0.717, 1.165) is 0 Å². The van der Waals surface area contributed by atoms with Crippen molar-refractivity contribution < 1.29 is 19.1 Å². The van der Waals surface area contributed by atoms with Crippen LogP contribution in [0.15, 0.2) is 78.9 Å². The standard InChI is InChI=1S/C24H24N4O4/c1-32-19-11-7-10-18(16-19)26-23(30)20-12-5-6-13-21(20)28-22(29)14-15-25-24(31)27-17-8-3-2-4-9-17/h2-13,16H,14-15H2,1H3,(H,26,30)(H,28,29)(H2,25,27,31). The highest BCUT2D eigenvalue weighted by Gasteiger charge is 2.14. The number of hydrogen-bond donors (Lipinski definition) is 4. The quantitative estimate of drug-likeness (QED) is 0.430. The summed E-state index contributed by atoms with van der Waals surface area (Å²) in [6.45, 7) is 0.142. The van der Waals surface area contributed by atoms with Crippen molar-refractivity contribution >= 4 is 34.9 Å². The van der Waals surface area contributed by atoms with Crippen LogP contribution in [0.5, 0.6) is 5.75 Å². The van der Waals surface area contributed by atoms with Crippen molar-refractivity contribution in [1.29, 1.82) is 0 Å². The molecule has 0 bridgehead atoms. The Labute approximate surface area is 186 Å². The number of ether oxygens (including phenoxy) is 1. The van der Waals surface area contributed by atoms with Crippen molar-refractivity contribution in [3.8, 4) is 5.75 Å². The number of urea groups is 1. The molecule has 4 N–H and O–H groups in total. The van der Waals surface area contributed by atoms with Gasteiger partial charge in [0.05, 0.1) is 18.4 Å². The van der Waals surface area contributed by atoms with Gasteiger partial charge < -0.3 is 26.0 Å². The minimum atomic E-state index is -0.401. The summed E-state index contributed by atoms with van der Waals surface area (Å²) in [5.41, 5.74) is 1.93. The van der Waals surface area contributed by atoms with Crippen LogP contribution in [0.4, 0.5) is 21.9 Å². The molecule has 0 heterocycles. The van der Waals surface area contributed by atoms with E-state index in [1.165, 1.54) is 0 Å². The zero-order valence-corrected chi connectivity index (χ0v) is 17.6. The van der Waals surface area contributed by atoms with Crippen LogP contribution in [0.1, 0.15) is 16.8 Å². The summed E-state index contributed by atoms with van der Waals surface area (Å²) in [5.74, 6) is -0.0747. The Bertz CT molecular complexity index is 1090. The van der Waals surface area contributed by atoms with Gasteiger partial charge in [-0.2, -0.15) is 0 Å². The second kappa shape index (κ2) is 11.2. The number of rotatable bonds is 8. The van der Waals surface area contributed by atoms with E-state index < -0.39 is 6.03 Å². The molecule has 3 rings (SSSR count). The van der Waals surface area contributed by atoms with Gasteiger partial charge in [0.1, 0.15) is 5.75 Å². The third-order valence-corrected chi connectivity index (χ3v) is 4.44. The maximum absolute atomic E-state index is 12.7. The van der Waals surface area contributed by atoms with Crippen LogP contribution in [-0.4, -0.2) is 31.5 Å². The second-order valence-electron chi connectivity index (χ2n) is 6.78. The molecule has 0 saturated carbocycles. The first-order valence-electron chi connectivity index (χ1n) is 9.99. The Kier molecular flexibility index (Phi) is 7.80. The van der Waals surface area contributed by atoms with Crippen LogP contribution in [0.3, 0.4) is 0 Å². The maximum Gasteiger partial charge on any atom is 0.319 e. The Hall–Kier alpha value is -4.33. The fraction of sp³-hybridized carbons (Fsp3) is 0.125. The molecule has 0 saturated heterocycles. The number of anilines is 3. The van der Waals surface area contributed by atoms with Gasteiger partial charge in [-0.25, -0.2) is 4.79 Å². The number of para-hydroxylation sites is 2. The Balaban J connectivity index is 1.53. The van der Waals surface area contributed by atoms with Gasteiger partial charge in [-0.3, -0.25) is 9.59 Å². The predicted octanol–water partition coefficient (Wildman–Crippen LogP) is 4.10. The fourth-order valence-corrected chi connectivity index (χ4v) is 2.89. The van der Waals surface area contributed by atoms with Crippen LogP contribution < -0.4 is 26.0 Å². The number of carbonyl (C=O) groups is 3. The van der Waals surface area contributed by atoms with Crippen molar-refractivity contribution in [1.82, 2.24) is 5.32 Å². The lowest BCUT2D eigenvalue weighted by Crippen LogP contribution is -2.31. The number of nitrogens with one attached hydrogen (secondary N) is 4. The van der Waals surface area contributed by atoms with E-state index >= 15 is 0 Å². The molecule has 0 unspecified atom stereocenters. The molecule has 0 atom stereocenters. The summed E-state index contributed by atoms with van der Waals surface area (Å²) in [6.07, 6.45) is 0.0496. The lowest BCUT2D eigenvalue weighted by Gasteiger charge is -2.12. The van der Waals surface area contributed by atoms with Gasteiger partial charge in [-0.1, -0.05) is 36.4 Å². The third-order valence-electron chi connectivity index (χ3n) is 4.44. The largest absolute Gasteiger partial charge is 0.497 e. The highest BCUT2D eigenvalue weighted by atomic mass is 16.5. The van der Waals surface area contributed by atoms with Crippen molar-refractivity contribution in [3.05, 3.63) is 84.4 Å². The van der Waals surface area contributed by atoms with Crippen molar-refractivity contribution in [3.63, 3.8) is 0 Å². The summed E-state index contributed by atoms with van der Waals surface area (Å²) in [4.78, 5) is 37.0. The molecular weight excluding hydrogens is 408 g/mol. The summed E-state index contributed by atoms with van der Waals surface area (Å²) in [7, 11) is 1.55. The average molecular weight is 432 g/mol. The fourth-order valence-electron chi connectivity index (χ4n) is 2.89. The van der Waals surface area contributed by atoms with E-state index in [9.17, 15) is 14.4 Å². The molecule has 0 fully saturated rings. The molecule has 164 valence electrons. The molecule has 0 aliphatic carbocycles. The molecule has 32 heavy (non-hydrogen) atoms. The van der Waals surface area contributed by atoms with Crippen LogP contribution >= 0.6 is 0 Å². The zero-order valence-electron chi connectivity index (χ0n) is 17.6. The molecule has 4 amide bonds. The molecule has 0 aromatic heterocycles. The monoisotopic (exact) mass is 432 g/mol. The smallest absolute Gasteiger partial charge is 0.319 e. The molecule has 8 heteroatoms. The van der Waals surface area contributed by atoms with Crippen LogP contribution in [0.2, 0.25) is 0 Å². The van der Waals surface area contributed by atoms with Gasteiger partial charge in [-0.15, -0.1) is 0 Å². The van der Waals surface area contributed by atoms with Gasteiger partial charge in [0.15, 0.2) is 0 Å². The zero-order chi connectivity index (χ0) is 22.8. The van der Waals surface area contributed by atoms with Crippen molar-refractivity contribution in [2.75, 3.05) is 29.6 Å². The van der Waals surface area contributed by atoms with Crippen LogP contribution in [-0.2, 0) is 4.79 Å². The number of carbonyl (C=O) groups excluding carboxylic acids is 3. The molecule has 3 aromatic carbocycles. The maximum atomic E-state index is 12.7.